The Balaban J connectivity index is 1.49. The third-order valence-corrected chi connectivity index (χ3v) is 3.83. The van der Waals surface area contributed by atoms with Gasteiger partial charge in [-0.05, 0) is 54.4 Å². The second-order valence-electron chi connectivity index (χ2n) is 5.63. The lowest BCUT2D eigenvalue weighted by Gasteiger charge is -2.08. The summed E-state index contributed by atoms with van der Waals surface area (Å²) in [4.78, 5) is 20.4. The first-order valence-corrected chi connectivity index (χ1v) is 8.30. The normalized spacial score (nSPS) is 10.2. The van der Waals surface area contributed by atoms with E-state index >= 15 is 0 Å². The second kappa shape index (κ2) is 8.62. The fourth-order valence-electron chi connectivity index (χ4n) is 2.41. The predicted molar refractivity (Wildman–Crippen MR) is 101 cm³/mol. The molecule has 1 aromatic heterocycles. The molecule has 3 rings (SSSR count). The van der Waals surface area contributed by atoms with Crippen LogP contribution < -0.4 is 15.4 Å². The van der Waals surface area contributed by atoms with Crippen LogP contribution in [0, 0.1) is 0 Å². The first kappa shape index (κ1) is 17.4. The van der Waals surface area contributed by atoms with Crippen molar-refractivity contribution >= 4 is 17.5 Å². The summed E-state index contributed by atoms with van der Waals surface area (Å²) >= 11 is 0. The van der Waals surface area contributed by atoms with Crippen molar-refractivity contribution in [2.75, 3.05) is 19.0 Å². The maximum Gasteiger partial charge on any atom is 0.251 e. The number of amides is 1. The van der Waals surface area contributed by atoms with Crippen LogP contribution in [0.5, 0.6) is 5.75 Å². The minimum absolute atomic E-state index is 0.0963. The lowest BCUT2D eigenvalue weighted by atomic mass is 10.1. The fraction of sp³-hybridized carbons (Fsp3) is 0.150. The Hall–Kier alpha value is -3.41. The summed E-state index contributed by atoms with van der Waals surface area (Å²) in [5.74, 6) is 1.25. The molecule has 0 aliphatic carbocycles. The highest BCUT2D eigenvalue weighted by atomic mass is 16.5. The average molecular weight is 348 g/mol. The van der Waals surface area contributed by atoms with Gasteiger partial charge < -0.3 is 15.4 Å². The van der Waals surface area contributed by atoms with E-state index in [4.69, 9.17) is 4.74 Å². The molecule has 0 spiro atoms. The summed E-state index contributed by atoms with van der Waals surface area (Å²) in [7, 11) is 1.64. The van der Waals surface area contributed by atoms with E-state index in [0.717, 1.165) is 23.4 Å². The molecule has 1 heterocycles. The van der Waals surface area contributed by atoms with Crippen molar-refractivity contribution in [1.29, 1.82) is 0 Å². The van der Waals surface area contributed by atoms with Crippen LogP contribution >= 0.6 is 0 Å². The number of anilines is 2. The van der Waals surface area contributed by atoms with Gasteiger partial charge in [0.2, 0.25) is 5.95 Å². The third-order valence-electron chi connectivity index (χ3n) is 3.83. The minimum Gasteiger partial charge on any atom is -0.497 e. The summed E-state index contributed by atoms with van der Waals surface area (Å²) in [5.41, 5.74) is 2.58. The van der Waals surface area contributed by atoms with Crippen LogP contribution in [0.3, 0.4) is 0 Å². The average Bonchev–Trinajstić information content (AvgIpc) is 2.70. The molecule has 1 amide bonds. The maximum absolute atomic E-state index is 12.2. The molecule has 0 aliphatic rings. The Kier molecular flexibility index (Phi) is 5.77. The minimum atomic E-state index is -0.0963. The zero-order valence-electron chi connectivity index (χ0n) is 14.5. The number of carbonyl (C=O) groups is 1. The van der Waals surface area contributed by atoms with E-state index in [9.17, 15) is 4.79 Å². The van der Waals surface area contributed by atoms with Gasteiger partial charge >= 0.3 is 0 Å². The number of hydrogen-bond acceptors (Lipinski definition) is 5. The summed E-state index contributed by atoms with van der Waals surface area (Å²) in [6, 6.07) is 16.8. The van der Waals surface area contributed by atoms with Gasteiger partial charge in [-0.2, -0.15) is 0 Å². The van der Waals surface area contributed by atoms with Crippen molar-refractivity contribution in [3.8, 4) is 5.75 Å². The van der Waals surface area contributed by atoms with Gasteiger partial charge in [0.25, 0.3) is 5.91 Å². The van der Waals surface area contributed by atoms with Crippen molar-refractivity contribution in [3.05, 3.63) is 78.1 Å². The van der Waals surface area contributed by atoms with Crippen molar-refractivity contribution in [2.45, 2.75) is 6.42 Å². The molecule has 3 aromatic rings. The summed E-state index contributed by atoms with van der Waals surface area (Å²) in [6.45, 7) is 0.572. The number of aromatic nitrogens is 2. The number of nitrogens with one attached hydrogen (secondary N) is 2. The molecule has 0 unspecified atom stereocenters. The third kappa shape index (κ3) is 4.80. The van der Waals surface area contributed by atoms with Gasteiger partial charge in [-0.3, -0.25) is 4.79 Å². The van der Waals surface area contributed by atoms with Crippen molar-refractivity contribution in [1.82, 2.24) is 15.3 Å². The van der Waals surface area contributed by atoms with E-state index in [1.807, 2.05) is 36.4 Å². The largest absolute Gasteiger partial charge is 0.497 e. The molecule has 0 fully saturated rings. The van der Waals surface area contributed by atoms with Crippen LogP contribution in [0.25, 0.3) is 0 Å². The van der Waals surface area contributed by atoms with E-state index in [-0.39, 0.29) is 5.91 Å². The highest BCUT2D eigenvalue weighted by Gasteiger charge is 2.05. The molecular weight excluding hydrogens is 328 g/mol. The quantitative estimate of drug-likeness (QED) is 0.686. The maximum atomic E-state index is 12.2. The molecular formula is C20H20N4O2. The van der Waals surface area contributed by atoms with E-state index in [1.165, 1.54) is 0 Å². The molecule has 132 valence electrons. The van der Waals surface area contributed by atoms with E-state index in [2.05, 4.69) is 20.6 Å². The zero-order chi connectivity index (χ0) is 18.2. The molecule has 0 saturated carbocycles. The van der Waals surface area contributed by atoms with E-state index in [0.29, 0.717) is 18.1 Å². The van der Waals surface area contributed by atoms with Gasteiger partial charge in [0.15, 0.2) is 0 Å². The van der Waals surface area contributed by atoms with Crippen LogP contribution in [0.15, 0.2) is 67.0 Å². The van der Waals surface area contributed by atoms with Gasteiger partial charge in [0.05, 0.1) is 7.11 Å². The van der Waals surface area contributed by atoms with Crippen molar-refractivity contribution in [2.24, 2.45) is 0 Å². The van der Waals surface area contributed by atoms with Gasteiger partial charge in [-0.1, -0.05) is 12.1 Å². The number of methoxy groups -OCH3 is 1. The SMILES string of the molecule is COc1ccc(CCNC(=O)c2ccc(Nc3ncccn3)cc2)cc1. The standard InChI is InChI=1S/C20H20N4O2/c1-26-18-9-3-15(4-10-18)11-14-21-19(25)16-5-7-17(8-6-16)24-20-22-12-2-13-23-20/h2-10,12-13H,11,14H2,1H3,(H,21,25)(H,22,23,24). The van der Waals surface area contributed by atoms with Crippen LogP contribution in [0.4, 0.5) is 11.6 Å². The Morgan fingerprint density at radius 2 is 1.69 bits per heavy atom. The number of hydrogen-bond donors (Lipinski definition) is 2. The first-order chi connectivity index (χ1) is 12.7. The summed E-state index contributed by atoms with van der Waals surface area (Å²) in [6.07, 6.45) is 4.10. The Labute approximate surface area is 152 Å². The Bertz CT molecular complexity index is 834. The molecule has 6 nitrogen and oxygen atoms in total. The monoisotopic (exact) mass is 348 g/mol. The molecule has 0 saturated heterocycles. The number of benzene rings is 2. The second-order valence-corrected chi connectivity index (χ2v) is 5.63. The highest BCUT2D eigenvalue weighted by molar-refractivity contribution is 5.94. The number of rotatable bonds is 7. The van der Waals surface area contributed by atoms with Gasteiger partial charge in [0, 0.05) is 30.2 Å². The number of ether oxygens (including phenoxy) is 1. The lowest BCUT2D eigenvalue weighted by Crippen LogP contribution is -2.25. The van der Waals surface area contributed by atoms with E-state index < -0.39 is 0 Å². The summed E-state index contributed by atoms with van der Waals surface area (Å²) in [5, 5.41) is 6.01. The smallest absolute Gasteiger partial charge is 0.251 e. The van der Waals surface area contributed by atoms with Crippen LogP contribution in [-0.2, 0) is 6.42 Å². The number of carbonyl (C=O) groups excluding carboxylic acids is 1. The topological polar surface area (TPSA) is 76.1 Å². The molecule has 2 aromatic carbocycles. The zero-order valence-corrected chi connectivity index (χ0v) is 14.5. The van der Waals surface area contributed by atoms with Gasteiger partial charge in [0.1, 0.15) is 5.75 Å². The molecule has 0 atom stereocenters. The van der Waals surface area contributed by atoms with Crippen LogP contribution in [0.2, 0.25) is 0 Å². The predicted octanol–water partition coefficient (Wildman–Crippen LogP) is 3.20. The molecule has 6 heteroatoms. The van der Waals surface area contributed by atoms with Gasteiger partial charge in [-0.15, -0.1) is 0 Å². The van der Waals surface area contributed by atoms with Crippen molar-refractivity contribution < 1.29 is 9.53 Å². The van der Waals surface area contributed by atoms with Gasteiger partial charge in [-0.25, -0.2) is 9.97 Å². The Morgan fingerprint density at radius 3 is 2.35 bits per heavy atom. The number of nitrogens with zero attached hydrogens (tertiary/aromatic N) is 2. The molecule has 0 aliphatic heterocycles. The molecule has 2 N–H and O–H groups in total. The molecule has 0 radical (unpaired) electrons. The molecule has 0 bridgehead atoms. The van der Waals surface area contributed by atoms with Crippen molar-refractivity contribution in [3.63, 3.8) is 0 Å². The fourth-order valence-corrected chi connectivity index (χ4v) is 2.41. The highest BCUT2D eigenvalue weighted by Crippen LogP contribution is 2.14. The van der Waals surface area contributed by atoms with E-state index in [1.54, 1.807) is 37.7 Å². The Morgan fingerprint density at radius 1 is 1.00 bits per heavy atom. The van der Waals surface area contributed by atoms with Crippen LogP contribution in [0.1, 0.15) is 15.9 Å². The van der Waals surface area contributed by atoms with Crippen LogP contribution in [-0.4, -0.2) is 29.5 Å². The lowest BCUT2D eigenvalue weighted by molar-refractivity contribution is 0.0954. The summed E-state index contributed by atoms with van der Waals surface area (Å²) < 4.78 is 5.13. The first-order valence-electron chi connectivity index (χ1n) is 8.30. The molecule has 26 heavy (non-hydrogen) atoms.